The lowest BCUT2D eigenvalue weighted by molar-refractivity contribution is 0.318. The Labute approximate surface area is 123 Å². The molecule has 0 aliphatic heterocycles. The molecule has 1 heterocycles. The summed E-state index contributed by atoms with van der Waals surface area (Å²) in [4.78, 5) is 5.41. The molecule has 1 unspecified atom stereocenters. The van der Waals surface area contributed by atoms with Crippen molar-refractivity contribution in [3.05, 3.63) is 36.0 Å². The second-order valence-corrected chi connectivity index (χ2v) is 5.86. The van der Waals surface area contributed by atoms with E-state index in [2.05, 4.69) is 24.0 Å². The number of nitrogens with two attached hydrogens (primary N) is 1. The number of hydrogen-bond donors (Lipinski definition) is 2. The highest BCUT2D eigenvalue weighted by molar-refractivity contribution is 7.99. The molecule has 0 fully saturated rings. The Morgan fingerprint density at radius 3 is 2.90 bits per heavy atom. The molecule has 0 saturated carbocycles. The zero-order chi connectivity index (χ0) is 14.5. The number of pyridine rings is 1. The molecule has 3 N–H and O–H groups in total. The molecule has 0 bridgehead atoms. The Morgan fingerprint density at radius 2 is 2.20 bits per heavy atom. The third-order valence-corrected chi connectivity index (χ3v) is 4.78. The normalized spacial score (nSPS) is 13.6. The van der Waals surface area contributed by atoms with E-state index >= 15 is 0 Å². The van der Waals surface area contributed by atoms with Crippen LogP contribution < -0.4 is 5.73 Å². The van der Waals surface area contributed by atoms with Crippen LogP contribution in [0.25, 0.3) is 10.9 Å². The quantitative estimate of drug-likeness (QED) is 0.291. The van der Waals surface area contributed by atoms with E-state index in [0.29, 0.717) is 11.5 Å². The third kappa shape index (κ3) is 3.04. The fourth-order valence-electron chi connectivity index (χ4n) is 1.85. The van der Waals surface area contributed by atoms with Crippen molar-refractivity contribution in [1.29, 1.82) is 0 Å². The zero-order valence-corrected chi connectivity index (χ0v) is 12.5. The minimum absolute atomic E-state index is 0.106. The number of fused-ring (bicyclic) bond motifs is 1. The molecular formula is C15H19N3OS. The van der Waals surface area contributed by atoms with Crippen molar-refractivity contribution in [1.82, 2.24) is 4.98 Å². The highest BCUT2D eigenvalue weighted by Gasteiger charge is 2.13. The van der Waals surface area contributed by atoms with Crippen LogP contribution in [0.5, 0.6) is 0 Å². The van der Waals surface area contributed by atoms with Gasteiger partial charge in [0.2, 0.25) is 0 Å². The summed E-state index contributed by atoms with van der Waals surface area (Å²) in [6.07, 6.45) is 2.81. The Bertz CT molecular complexity index is 628. The number of benzene rings is 1. The van der Waals surface area contributed by atoms with Crippen LogP contribution in [0.1, 0.15) is 25.8 Å². The van der Waals surface area contributed by atoms with Gasteiger partial charge in [-0.2, -0.15) is 0 Å². The van der Waals surface area contributed by atoms with Gasteiger partial charge < -0.3 is 10.9 Å². The first-order valence-corrected chi connectivity index (χ1v) is 7.64. The van der Waals surface area contributed by atoms with Crippen LogP contribution in [0.3, 0.4) is 0 Å². The minimum Gasteiger partial charge on any atom is -0.409 e. The first-order chi connectivity index (χ1) is 9.67. The Hall–Kier alpha value is -1.75. The molecule has 0 spiro atoms. The fourth-order valence-corrected chi connectivity index (χ4v) is 3.18. The molecule has 20 heavy (non-hydrogen) atoms. The van der Waals surface area contributed by atoms with Gasteiger partial charge in [-0.05, 0) is 12.0 Å². The van der Waals surface area contributed by atoms with Crippen LogP contribution >= 0.6 is 11.8 Å². The summed E-state index contributed by atoms with van der Waals surface area (Å²) in [6, 6.07) is 7.93. The van der Waals surface area contributed by atoms with E-state index in [1.165, 1.54) is 0 Å². The molecule has 2 rings (SSSR count). The van der Waals surface area contributed by atoms with E-state index in [1.807, 2.05) is 24.3 Å². The predicted molar refractivity (Wildman–Crippen MR) is 84.4 cm³/mol. The van der Waals surface area contributed by atoms with Gasteiger partial charge in [-0.3, -0.25) is 4.98 Å². The van der Waals surface area contributed by atoms with Gasteiger partial charge in [0.15, 0.2) is 5.84 Å². The standard InChI is InChI=1S/C15H19N3OS/c1-3-10(2)9-20-14-11-6-4-5-7-13(11)17-8-12(14)15(16)18-19/h4-8,10,19H,3,9H2,1-2H3,(H2,16,18). The molecule has 2 aromatic rings. The lowest BCUT2D eigenvalue weighted by atomic mass is 10.1. The summed E-state index contributed by atoms with van der Waals surface area (Å²) < 4.78 is 0. The fraction of sp³-hybridized carbons (Fsp3) is 0.333. The van der Waals surface area contributed by atoms with E-state index in [-0.39, 0.29) is 5.84 Å². The third-order valence-electron chi connectivity index (χ3n) is 3.32. The summed E-state index contributed by atoms with van der Waals surface area (Å²) >= 11 is 1.74. The van der Waals surface area contributed by atoms with Crippen LogP contribution in [0.15, 0.2) is 40.5 Å². The maximum Gasteiger partial charge on any atom is 0.172 e. The van der Waals surface area contributed by atoms with E-state index in [4.69, 9.17) is 10.9 Å². The van der Waals surface area contributed by atoms with E-state index < -0.39 is 0 Å². The molecular weight excluding hydrogens is 270 g/mol. The van der Waals surface area contributed by atoms with Crippen molar-refractivity contribution >= 4 is 28.5 Å². The molecule has 1 atom stereocenters. The summed E-state index contributed by atoms with van der Waals surface area (Å²) in [6.45, 7) is 4.40. The number of thioether (sulfide) groups is 1. The second kappa shape index (κ2) is 6.61. The van der Waals surface area contributed by atoms with E-state index in [1.54, 1.807) is 18.0 Å². The van der Waals surface area contributed by atoms with E-state index in [0.717, 1.165) is 28.0 Å². The van der Waals surface area contributed by atoms with Crippen molar-refractivity contribution in [3.63, 3.8) is 0 Å². The predicted octanol–water partition coefficient (Wildman–Crippen LogP) is 3.47. The molecule has 0 aliphatic rings. The molecule has 1 aromatic heterocycles. The van der Waals surface area contributed by atoms with Gasteiger partial charge in [0, 0.05) is 22.2 Å². The first kappa shape index (κ1) is 14.7. The topological polar surface area (TPSA) is 71.5 Å². The maximum atomic E-state index is 8.93. The van der Waals surface area contributed by atoms with E-state index in [9.17, 15) is 0 Å². The average Bonchev–Trinajstić information content (AvgIpc) is 2.51. The zero-order valence-electron chi connectivity index (χ0n) is 11.7. The van der Waals surface area contributed by atoms with Gasteiger partial charge in [-0.25, -0.2) is 0 Å². The number of nitrogens with zero attached hydrogens (tertiary/aromatic N) is 2. The number of oxime groups is 1. The van der Waals surface area contributed by atoms with Crippen molar-refractivity contribution in [3.8, 4) is 0 Å². The van der Waals surface area contributed by atoms with Gasteiger partial charge in [0.25, 0.3) is 0 Å². The van der Waals surface area contributed by atoms with Crippen LogP contribution in [0.4, 0.5) is 0 Å². The van der Waals surface area contributed by atoms with Crippen LogP contribution in [-0.2, 0) is 0 Å². The molecule has 5 heteroatoms. The first-order valence-electron chi connectivity index (χ1n) is 6.65. The van der Waals surface area contributed by atoms with Gasteiger partial charge in [-0.15, -0.1) is 11.8 Å². The lowest BCUT2D eigenvalue weighted by Crippen LogP contribution is -2.15. The summed E-state index contributed by atoms with van der Waals surface area (Å²) in [5, 5.41) is 13.1. The largest absolute Gasteiger partial charge is 0.409 e. The second-order valence-electron chi connectivity index (χ2n) is 4.83. The van der Waals surface area contributed by atoms with Gasteiger partial charge >= 0.3 is 0 Å². The maximum absolute atomic E-state index is 8.93. The Morgan fingerprint density at radius 1 is 1.45 bits per heavy atom. The Balaban J connectivity index is 2.50. The Kier molecular flexibility index (Phi) is 4.84. The van der Waals surface area contributed by atoms with Crippen LogP contribution in [0, 0.1) is 5.92 Å². The number of rotatable bonds is 5. The van der Waals surface area contributed by atoms with Crippen molar-refractivity contribution in [2.45, 2.75) is 25.2 Å². The molecule has 0 radical (unpaired) electrons. The summed E-state index contributed by atoms with van der Waals surface area (Å²) in [5.74, 6) is 1.72. The van der Waals surface area contributed by atoms with Crippen LogP contribution in [0.2, 0.25) is 0 Å². The smallest absolute Gasteiger partial charge is 0.172 e. The summed E-state index contributed by atoms with van der Waals surface area (Å²) in [7, 11) is 0. The molecule has 0 saturated heterocycles. The number of amidine groups is 1. The minimum atomic E-state index is 0.106. The SMILES string of the molecule is CCC(C)CSc1c(/C(N)=N/O)cnc2ccccc12. The number of hydrogen-bond acceptors (Lipinski definition) is 4. The molecule has 1 aromatic carbocycles. The summed E-state index contributed by atoms with van der Waals surface area (Å²) in [5.41, 5.74) is 7.39. The highest BCUT2D eigenvalue weighted by Crippen LogP contribution is 2.32. The molecule has 0 aliphatic carbocycles. The monoisotopic (exact) mass is 289 g/mol. The number of aromatic nitrogens is 1. The highest BCUT2D eigenvalue weighted by atomic mass is 32.2. The van der Waals surface area contributed by atoms with Gasteiger partial charge in [-0.1, -0.05) is 43.6 Å². The molecule has 4 nitrogen and oxygen atoms in total. The van der Waals surface area contributed by atoms with Gasteiger partial charge in [0.1, 0.15) is 0 Å². The number of para-hydroxylation sites is 1. The van der Waals surface area contributed by atoms with Crippen molar-refractivity contribution < 1.29 is 5.21 Å². The van der Waals surface area contributed by atoms with Crippen molar-refractivity contribution in [2.24, 2.45) is 16.8 Å². The van der Waals surface area contributed by atoms with Crippen molar-refractivity contribution in [2.75, 3.05) is 5.75 Å². The molecule has 0 amide bonds. The van der Waals surface area contributed by atoms with Gasteiger partial charge in [0.05, 0.1) is 11.1 Å². The lowest BCUT2D eigenvalue weighted by Gasteiger charge is -2.13. The molecule has 106 valence electrons. The van der Waals surface area contributed by atoms with Crippen LogP contribution in [-0.4, -0.2) is 21.8 Å². The average molecular weight is 289 g/mol.